The summed E-state index contributed by atoms with van der Waals surface area (Å²) in [6, 6.07) is 15.9. The Balaban J connectivity index is 1.62. The number of hydrogen-bond acceptors (Lipinski definition) is 6. The monoisotopic (exact) mass is 378 g/mol. The van der Waals surface area contributed by atoms with Crippen molar-refractivity contribution in [3.63, 3.8) is 0 Å². The van der Waals surface area contributed by atoms with E-state index in [0.29, 0.717) is 18.8 Å². The van der Waals surface area contributed by atoms with E-state index in [0.717, 1.165) is 24.5 Å². The van der Waals surface area contributed by atoms with Crippen LogP contribution >= 0.6 is 0 Å². The lowest BCUT2D eigenvalue weighted by molar-refractivity contribution is -0.112. The molecule has 3 rings (SSSR count). The molecule has 2 aromatic carbocycles. The van der Waals surface area contributed by atoms with Crippen LogP contribution in [0.2, 0.25) is 0 Å². The van der Waals surface area contributed by atoms with E-state index in [2.05, 4.69) is 10.2 Å². The van der Waals surface area contributed by atoms with Crippen molar-refractivity contribution in [1.29, 1.82) is 5.26 Å². The molecule has 2 N–H and O–H groups in total. The predicted molar refractivity (Wildman–Crippen MR) is 107 cm³/mol. The largest absolute Gasteiger partial charge is 0.508 e. The van der Waals surface area contributed by atoms with Gasteiger partial charge in [-0.1, -0.05) is 12.1 Å². The summed E-state index contributed by atoms with van der Waals surface area (Å²) in [6.07, 6.45) is 1.61. The van der Waals surface area contributed by atoms with E-state index in [9.17, 15) is 15.2 Å². The minimum atomic E-state index is -0.472. The van der Waals surface area contributed by atoms with Crippen molar-refractivity contribution in [1.82, 2.24) is 4.90 Å². The number of para-hydroxylation sites is 2. The summed E-state index contributed by atoms with van der Waals surface area (Å²) >= 11 is 0. The van der Waals surface area contributed by atoms with Crippen LogP contribution in [-0.2, 0) is 4.79 Å². The van der Waals surface area contributed by atoms with E-state index in [4.69, 9.17) is 4.74 Å². The van der Waals surface area contributed by atoms with Gasteiger partial charge in [0.2, 0.25) is 0 Å². The number of phenols is 1. The first kappa shape index (κ1) is 19.1. The Morgan fingerprint density at radius 1 is 1.14 bits per heavy atom. The molecule has 1 heterocycles. The molecule has 1 saturated heterocycles. The second-order valence-corrected chi connectivity index (χ2v) is 6.35. The summed E-state index contributed by atoms with van der Waals surface area (Å²) in [6.45, 7) is 2.90. The summed E-state index contributed by atoms with van der Waals surface area (Å²) in [5.74, 6) is 0.472. The molecule has 0 aromatic heterocycles. The number of piperazine rings is 1. The summed E-state index contributed by atoms with van der Waals surface area (Å²) in [5, 5.41) is 21.3. The van der Waals surface area contributed by atoms with Gasteiger partial charge in [-0.3, -0.25) is 4.79 Å². The number of phenolic OH excluding ortho intramolecular Hbond substituents is 1. The zero-order chi connectivity index (χ0) is 19.9. The molecule has 28 heavy (non-hydrogen) atoms. The minimum absolute atomic E-state index is 0.0406. The lowest BCUT2D eigenvalue weighted by Gasteiger charge is -2.36. The topological polar surface area (TPSA) is 88.8 Å². The molecule has 0 aliphatic carbocycles. The van der Waals surface area contributed by atoms with Crippen molar-refractivity contribution in [3.8, 4) is 17.6 Å². The summed E-state index contributed by atoms with van der Waals surface area (Å²) in [5.41, 5.74) is 1.60. The number of benzene rings is 2. The van der Waals surface area contributed by atoms with Crippen LogP contribution in [0.25, 0.3) is 0 Å². The fraction of sp³-hybridized carbons (Fsp3) is 0.238. The highest BCUT2D eigenvalue weighted by Gasteiger charge is 2.19. The highest BCUT2D eigenvalue weighted by molar-refractivity contribution is 6.06. The first-order valence-electron chi connectivity index (χ1n) is 8.95. The Bertz CT molecular complexity index is 895. The van der Waals surface area contributed by atoms with Crippen LogP contribution in [0.1, 0.15) is 0 Å². The van der Waals surface area contributed by atoms with E-state index >= 15 is 0 Å². The number of methoxy groups -OCH3 is 1. The van der Waals surface area contributed by atoms with Gasteiger partial charge in [0.15, 0.2) is 0 Å². The molecule has 1 aliphatic rings. The SMILES string of the molecule is COc1ccccc1N1CCN(/C=C(/C#N)C(=O)Nc2ccc(O)cc2)CC1. The third kappa shape index (κ3) is 4.54. The van der Waals surface area contributed by atoms with Crippen LogP contribution in [0.5, 0.6) is 11.5 Å². The number of hydrogen-bond donors (Lipinski definition) is 2. The van der Waals surface area contributed by atoms with Crippen LogP contribution in [0.4, 0.5) is 11.4 Å². The van der Waals surface area contributed by atoms with Crippen molar-refractivity contribution < 1.29 is 14.6 Å². The van der Waals surface area contributed by atoms with Gasteiger partial charge in [0.25, 0.3) is 5.91 Å². The molecular formula is C21H22N4O3. The molecule has 0 spiro atoms. The van der Waals surface area contributed by atoms with E-state index < -0.39 is 5.91 Å². The van der Waals surface area contributed by atoms with Crippen molar-refractivity contribution in [2.75, 3.05) is 43.5 Å². The molecule has 0 saturated carbocycles. The van der Waals surface area contributed by atoms with Gasteiger partial charge in [0.05, 0.1) is 12.8 Å². The average Bonchev–Trinajstić information content (AvgIpc) is 2.74. The smallest absolute Gasteiger partial charge is 0.267 e. The number of carbonyl (C=O) groups excluding carboxylic acids is 1. The van der Waals surface area contributed by atoms with E-state index in [1.807, 2.05) is 35.2 Å². The van der Waals surface area contributed by atoms with Gasteiger partial charge in [-0.2, -0.15) is 5.26 Å². The van der Waals surface area contributed by atoms with Gasteiger partial charge in [0.1, 0.15) is 23.1 Å². The van der Waals surface area contributed by atoms with Gasteiger partial charge in [-0.05, 0) is 36.4 Å². The third-order valence-corrected chi connectivity index (χ3v) is 4.54. The zero-order valence-electron chi connectivity index (χ0n) is 15.6. The number of rotatable bonds is 5. The number of carbonyl (C=O) groups is 1. The molecule has 2 aromatic rings. The molecule has 0 bridgehead atoms. The number of amides is 1. The van der Waals surface area contributed by atoms with Gasteiger partial charge in [0, 0.05) is 38.1 Å². The Labute approximate surface area is 164 Å². The van der Waals surface area contributed by atoms with E-state index in [1.165, 1.54) is 12.1 Å². The quantitative estimate of drug-likeness (QED) is 0.472. The fourth-order valence-corrected chi connectivity index (χ4v) is 3.05. The van der Waals surface area contributed by atoms with Crippen molar-refractivity contribution >= 4 is 17.3 Å². The number of nitriles is 1. The van der Waals surface area contributed by atoms with Crippen molar-refractivity contribution in [3.05, 3.63) is 60.3 Å². The first-order chi connectivity index (χ1) is 13.6. The van der Waals surface area contributed by atoms with Crippen molar-refractivity contribution in [2.24, 2.45) is 0 Å². The number of nitrogens with zero attached hydrogens (tertiary/aromatic N) is 3. The van der Waals surface area contributed by atoms with Crippen LogP contribution in [-0.4, -0.2) is 49.2 Å². The predicted octanol–water partition coefficient (Wildman–Crippen LogP) is 2.57. The van der Waals surface area contributed by atoms with Crippen LogP contribution < -0.4 is 15.0 Å². The van der Waals surface area contributed by atoms with Crippen LogP contribution in [0, 0.1) is 11.3 Å². The first-order valence-corrected chi connectivity index (χ1v) is 8.95. The van der Waals surface area contributed by atoms with E-state index in [-0.39, 0.29) is 11.3 Å². The van der Waals surface area contributed by atoms with Crippen LogP contribution in [0.3, 0.4) is 0 Å². The van der Waals surface area contributed by atoms with Gasteiger partial charge in [-0.25, -0.2) is 0 Å². The summed E-state index contributed by atoms with van der Waals surface area (Å²) < 4.78 is 5.42. The van der Waals surface area contributed by atoms with Gasteiger partial charge < -0.3 is 25.0 Å². The average molecular weight is 378 g/mol. The Morgan fingerprint density at radius 3 is 2.46 bits per heavy atom. The zero-order valence-corrected chi connectivity index (χ0v) is 15.6. The summed E-state index contributed by atoms with van der Waals surface area (Å²) in [4.78, 5) is 16.6. The fourth-order valence-electron chi connectivity index (χ4n) is 3.05. The Kier molecular flexibility index (Phi) is 6.02. The number of aromatic hydroxyl groups is 1. The second-order valence-electron chi connectivity index (χ2n) is 6.35. The number of ether oxygens (including phenoxy) is 1. The summed E-state index contributed by atoms with van der Waals surface area (Å²) in [7, 11) is 1.66. The minimum Gasteiger partial charge on any atom is -0.508 e. The molecule has 1 aliphatic heterocycles. The Morgan fingerprint density at radius 2 is 1.82 bits per heavy atom. The lowest BCUT2D eigenvalue weighted by Crippen LogP contribution is -2.44. The molecule has 0 radical (unpaired) electrons. The maximum Gasteiger partial charge on any atom is 0.267 e. The molecule has 0 atom stereocenters. The molecule has 7 heteroatoms. The normalized spacial score (nSPS) is 14.4. The molecule has 0 unspecified atom stereocenters. The standard InChI is InChI=1S/C21H22N4O3/c1-28-20-5-3-2-4-19(20)25-12-10-24(11-13-25)15-16(14-22)21(27)23-17-6-8-18(26)9-7-17/h2-9,15,26H,10-13H2,1H3,(H,23,27)/b16-15-. The third-order valence-electron chi connectivity index (χ3n) is 4.54. The Hall–Kier alpha value is -3.66. The maximum atomic E-state index is 12.4. The molecule has 1 amide bonds. The molecule has 7 nitrogen and oxygen atoms in total. The van der Waals surface area contributed by atoms with Crippen LogP contribution in [0.15, 0.2) is 60.3 Å². The lowest BCUT2D eigenvalue weighted by atomic mass is 10.2. The molecule has 1 fully saturated rings. The number of anilines is 2. The van der Waals surface area contributed by atoms with E-state index in [1.54, 1.807) is 25.4 Å². The second kappa shape index (κ2) is 8.82. The maximum absolute atomic E-state index is 12.4. The highest BCUT2D eigenvalue weighted by atomic mass is 16.5. The highest BCUT2D eigenvalue weighted by Crippen LogP contribution is 2.28. The molecule has 144 valence electrons. The van der Waals surface area contributed by atoms with Gasteiger partial charge >= 0.3 is 0 Å². The molecular weight excluding hydrogens is 356 g/mol. The number of nitrogens with one attached hydrogen (secondary N) is 1. The van der Waals surface area contributed by atoms with Crippen molar-refractivity contribution in [2.45, 2.75) is 0 Å². The van der Waals surface area contributed by atoms with Gasteiger partial charge in [-0.15, -0.1) is 0 Å².